The number of aromatic nitrogens is 2. The van der Waals surface area contributed by atoms with Gasteiger partial charge in [0.1, 0.15) is 11.4 Å². The van der Waals surface area contributed by atoms with Crippen LogP contribution in [0.4, 0.5) is 14.9 Å². The molecule has 2 fully saturated rings. The zero-order chi connectivity index (χ0) is 20.6. The summed E-state index contributed by atoms with van der Waals surface area (Å²) in [5.41, 5.74) is 1.47. The van der Waals surface area contributed by atoms with Crippen molar-refractivity contribution in [1.29, 1.82) is 0 Å². The number of anilines is 1. The number of H-pyrrole nitrogens is 1. The highest BCUT2D eigenvalue weighted by molar-refractivity contribution is 5.95. The van der Waals surface area contributed by atoms with Crippen molar-refractivity contribution in [3.05, 3.63) is 47.5 Å². The molecule has 3 heterocycles. The Morgan fingerprint density at radius 2 is 2.00 bits per heavy atom. The standard InChI is InChI=1S/C21H25FN4O3/c1-3-18-17(12-23-24-18)19(27)25-10-8-14(9-11-25)21(2)13-26(20(28)29-21)16-6-4-15(22)5-7-16/h4-7,12,14H,3,8-11,13H2,1-2H3,(H,23,24)/t21-/m0/s1. The Balaban J connectivity index is 1.41. The second-order valence-corrected chi connectivity index (χ2v) is 7.93. The monoisotopic (exact) mass is 400 g/mol. The number of hydrogen-bond acceptors (Lipinski definition) is 4. The van der Waals surface area contributed by atoms with E-state index in [0.717, 1.165) is 25.0 Å². The van der Waals surface area contributed by atoms with Crippen LogP contribution < -0.4 is 4.90 Å². The van der Waals surface area contributed by atoms with Crippen molar-refractivity contribution in [2.45, 2.75) is 38.7 Å². The highest BCUT2D eigenvalue weighted by atomic mass is 19.1. The number of carbonyl (C=O) groups excluding carboxylic acids is 2. The molecule has 7 nitrogen and oxygen atoms in total. The SMILES string of the molecule is CCc1[nH]ncc1C(=O)N1CCC([C@]2(C)CN(c3ccc(F)cc3)C(=O)O2)CC1. The first-order valence-electron chi connectivity index (χ1n) is 9.99. The van der Waals surface area contributed by atoms with Crippen LogP contribution in [0, 0.1) is 11.7 Å². The Hall–Kier alpha value is -2.90. The number of hydrogen-bond donors (Lipinski definition) is 1. The van der Waals surface area contributed by atoms with Crippen molar-refractivity contribution in [2.75, 3.05) is 24.5 Å². The lowest BCUT2D eigenvalue weighted by atomic mass is 9.81. The Morgan fingerprint density at radius 1 is 1.31 bits per heavy atom. The number of aryl methyl sites for hydroxylation is 1. The maximum Gasteiger partial charge on any atom is 0.415 e. The number of nitrogens with one attached hydrogen (secondary N) is 1. The van der Waals surface area contributed by atoms with Crippen LogP contribution in [0.2, 0.25) is 0 Å². The molecule has 2 aliphatic rings. The number of carbonyl (C=O) groups is 2. The minimum absolute atomic E-state index is 0.00411. The highest BCUT2D eigenvalue weighted by Crippen LogP contribution is 2.38. The van der Waals surface area contributed by atoms with Crippen LogP contribution in [0.3, 0.4) is 0 Å². The van der Waals surface area contributed by atoms with Crippen LogP contribution in [0.1, 0.15) is 42.7 Å². The molecule has 1 aromatic heterocycles. The molecule has 1 atom stereocenters. The fraction of sp³-hybridized carbons (Fsp3) is 0.476. The average Bonchev–Trinajstić information content (AvgIpc) is 3.33. The topological polar surface area (TPSA) is 78.5 Å². The second-order valence-electron chi connectivity index (χ2n) is 7.93. The van der Waals surface area contributed by atoms with Gasteiger partial charge in [-0.2, -0.15) is 5.10 Å². The van der Waals surface area contributed by atoms with E-state index in [1.54, 1.807) is 23.2 Å². The maximum atomic E-state index is 13.2. The third-order valence-corrected chi connectivity index (χ3v) is 6.10. The third-order valence-electron chi connectivity index (χ3n) is 6.10. The summed E-state index contributed by atoms with van der Waals surface area (Å²) in [6, 6.07) is 5.84. The van der Waals surface area contributed by atoms with Gasteiger partial charge in [0.25, 0.3) is 5.91 Å². The molecule has 2 aromatic rings. The van der Waals surface area contributed by atoms with E-state index >= 15 is 0 Å². The van der Waals surface area contributed by atoms with E-state index in [1.165, 1.54) is 12.1 Å². The van der Waals surface area contributed by atoms with Gasteiger partial charge in [-0.25, -0.2) is 9.18 Å². The maximum absolute atomic E-state index is 13.2. The number of aromatic amines is 1. The Bertz CT molecular complexity index is 905. The largest absolute Gasteiger partial charge is 0.441 e. The molecule has 4 rings (SSSR count). The predicted molar refractivity (Wildman–Crippen MR) is 105 cm³/mol. The minimum atomic E-state index is -0.634. The Morgan fingerprint density at radius 3 is 2.66 bits per heavy atom. The number of ether oxygens (including phenoxy) is 1. The van der Waals surface area contributed by atoms with E-state index in [9.17, 15) is 14.0 Å². The normalized spacial score (nSPS) is 22.8. The Kier molecular flexibility index (Phi) is 5.02. The second kappa shape index (κ2) is 7.50. The quantitative estimate of drug-likeness (QED) is 0.853. The highest BCUT2D eigenvalue weighted by Gasteiger charge is 2.48. The molecule has 0 aliphatic carbocycles. The van der Waals surface area contributed by atoms with Gasteiger partial charge in [-0.05, 0) is 50.5 Å². The van der Waals surface area contributed by atoms with Gasteiger partial charge in [0.2, 0.25) is 0 Å². The molecule has 8 heteroatoms. The molecule has 2 amide bonds. The van der Waals surface area contributed by atoms with Gasteiger partial charge in [-0.1, -0.05) is 6.92 Å². The van der Waals surface area contributed by atoms with E-state index in [0.29, 0.717) is 30.9 Å². The van der Waals surface area contributed by atoms with Gasteiger partial charge in [-0.3, -0.25) is 14.8 Å². The molecule has 0 radical (unpaired) electrons. The molecule has 1 aromatic carbocycles. The van der Waals surface area contributed by atoms with E-state index in [4.69, 9.17) is 4.74 Å². The van der Waals surface area contributed by atoms with Crippen LogP contribution in [0.25, 0.3) is 0 Å². The summed E-state index contributed by atoms with van der Waals surface area (Å²) in [5, 5.41) is 6.87. The van der Waals surface area contributed by atoms with Crippen LogP contribution in [0.15, 0.2) is 30.5 Å². The van der Waals surface area contributed by atoms with Crippen molar-refractivity contribution < 1.29 is 18.7 Å². The number of cyclic esters (lactones) is 1. The molecule has 0 unspecified atom stereocenters. The van der Waals surface area contributed by atoms with Gasteiger partial charge in [0, 0.05) is 30.4 Å². The molecule has 154 valence electrons. The molecule has 29 heavy (non-hydrogen) atoms. The van der Waals surface area contributed by atoms with E-state index < -0.39 is 11.7 Å². The van der Waals surface area contributed by atoms with Crippen molar-refractivity contribution in [3.8, 4) is 0 Å². The zero-order valence-corrected chi connectivity index (χ0v) is 16.7. The number of likely N-dealkylation sites (tertiary alicyclic amines) is 1. The molecule has 0 spiro atoms. The average molecular weight is 400 g/mol. The van der Waals surface area contributed by atoms with Gasteiger partial charge in [-0.15, -0.1) is 0 Å². The van der Waals surface area contributed by atoms with Crippen LogP contribution >= 0.6 is 0 Å². The fourth-order valence-electron chi connectivity index (χ4n) is 4.33. The van der Waals surface area contributed by atoms with E-state index in [-0.39, 0.29) is 17.6 Å². The van der Waals surface area contributed by atoms with Crippen molar-refractivity contribution in [3.63, 3.8) is 0 Å². The number of nitrogens with zero attached hydrogens (tertiary/aromatic N) is 3. The van der Waals surface area contributed by atoms with Crippen LogP contribution in [-0.4, -0.2) is 52.3 Å². The molecule has 0 bridgehead atoms. The van der Waals surface area contributed by atoms with Crippen LogP contribution in [0.5, 0.6) is 0 Å². The lowest BCUT2D eigenvalue weighted by molar-refractivity contribution is -0.00453. The molecule has 0 saturated carbocycles. The van der Waals surface area contributed by atoms with Gasteiger partial charge in [0.15, 0.2) is 0 Å². The third kappa shape index (κ3) is 3.59. The first-order chi connectivity index (χ1) is 13.9. The zero-order valence-electron chi connectivity index (χ0n) is 16.7. The van der Waals surface area contributed by atoms with Crippen molar-refractivity contribution in [2.24, 2.45) is 5.92 Å². The number of benzene rings is 1. The van der Waals surface area contributed by atoms with Gasteiger partial charge in [0.05, 0.1) is 18.3 Å². The summed E-state index contributed by atoms with van der Waals surface area (Å²) >= 11 is 0. The molecular weight excluding hydrogens is 375 g/mol. The summed E-state index contributed by atoms with van der Waals surface area (Å²) in [5.74, 6) is -0.198. The van der Waals surface area contributed by atoms with E-state index in [2.05, 4.69) is 10.2 Å². The number of rotatable bonds is 4. The Labute approximate surface area is 168 Å². The molecule has 1 N–H and O–H groups in total. The summed E-state index contributed by atoms with van der Waals surface area (Å²) in [6.45, 7) is 5.57. The summed E-state index contributed by atoms with van der Waals surface area (Å²) < 4.78 is 19.0. The van der Waals surface area contributed by atoms with Crippen molar-refractivity contribution in [1.82, 2.24) is 15.1 Å². The van der Waals surface area contributed by atoms with E-state index in [1.807, 2.05) is 18.7 Å². The smallest absolute Gasteiger partial charge is 0.415 e. The summed E-state index contributed by atoms with van der Waals surface area (Å²) in [4.78, 5) is 28.7. The molecule has 2 aliphatic heterocycles. The van der Waals surface area contributed by atoms with Gasteiger partial charge >= 0.3 is 6.09 Å². The first kappa shape index (κ1) is 19.4. The number of amides is 2. The molecular formula is C21H25FN4O3. The number of piperidine rings is 1. The number of halogens is 1. The molecule has 2 saturated heterocycles. The summed E-state index contributed by atoms with van der Waals surface area (Å²) in [6.07, 6.45) is 3.42. The van der Waals surface area contributed by atoms with Crippen molar-refractivity contribution >= 4 is 17.7 Å². The predicted octanol–water partition coefficient (Wildman–Crippen LogP) is 3.38. The van der Waals surface area contributed by atoms with Crippen LogP contribution in [-0.2, 0) is 11.2 Å². The lowest BCUT2D eigenvalue weighted by Gasteiger charge is -2.39. The fourth-order valence-corrected chi connectivity index (χ4v) is 4.33. The first-order valence-corrected chi connectivity index (χ1v) is 9.99. The van der Waals surface area contributed by atoms with Gasteiger partial charge < -0.3 is 9.64 Å². The lowest BCUT2D eigenvalue weighted by Crippen LogP contribution is -2.47. The summed E-state index contributed by atoms with van der Waals surface area (Å²) in [7, 11) is 0. The minimum Gasteiger partial charge on any atom is -0.441 e.